The molecule has 2 heteroatoms. The summed E-state index contributed by atoms with van der Waals surface area (Å²) in [6, 6.07) is 0. The molecule has 104 valence electrons. The molecule has 0 radical (unpaired) electrons. The van der Waals surface area contributed by atoms with Crippen molar-refractivity contribution in [2.45, 2.75) is 71.6 Å². The molecule has 0 amide bonds. The number of hydrogen-bond acceptors (Lipinski definition) is 2. The smallest absolute Gasteiger partial charge is 0.0466 e. The second-order valence-electron chi connectivity index (χ2n) is 4.70. The topological polar surface area (TPSA) is 18.5 Å². The molecule has 0 heterocycles. The summed E-state index contributed by atoms with van der Waals surface area (Å²) in [5.41, 5.74) is 0. The van der Waals surface area contributed by atoms with Crippen molar-refractivity contribution in [2.75, 3.05) is 26.4 Å². The van der Waals surface area contributed by atoms with E-state index >= 15 is 0 Å². The van der Waals surface area contributed by atoms with Crippen LogP contribution in [0.25, 0.3) is 0 Å². The SMILES string of the molecule is CCCCCOCCCCCOCCCCC. The first kappa shape index (κ1) is 16.9. The van der Waals surface area contributed by atoms with Crippen molar-refractivity contribution in [3.63, 3.8) is 0 Å². The van der Waals surface area contributed by atoms with Crippen molar-refractivity contribution in [1.82, 2.24) is 0 Å². The van der Waals surface area contributed by atoms with Crippen LogP contribution in [0.4, 0.5) is 0 Å². The van der Waals surface area contributed by atoms with Crippen LogP contribution in [-0.4, -0.2) is 26.4 Å². The lowest BCUT2D eigenvalue weighted by Gasteiger charge is -2.05. The maximum Gasteiger partial charge on any atom is 0.0466 e. The van der Waals surface area contributed by atoms with E-state index in [-0.39, 0.29) is 0 Å². The number of rotatable bonds is 14. The maximum absolute atomic E-state index is 5.55. The van der Waals surface area contributed by atoms with Gasteiger partial charge in [-0.3, -0.25) is 0 Å². The molecule has 0 aliphatic rings. The first-order valence-electron chi connectivity index (χ1n) is 7.57. The lowest BCUT2D eigenvalue weighted by molar-refractivity contribution is 0.111. The standard InChI is InChI=1S/C15H32O2/c1-3-5-8-12-16-14-10-7-11-15-17-13-9-6-4-2/h3-15H2,1-2H3. The van der Waals surface area contributed by atoms with Crippen LogP contribution >= 0.6 is 0 Å². The highest BCUT2D eigenvalue weighted by atomic mass is 16.5. The molecule has 0 aromatic heterocycles. The minimum atomic E-state index is 0.930. The van der Waals surface area contributed by atoms with E-state index in [1.54, 1.807) is 0 Å². The number of ether oxygens (including phenoxy) is 2. The molecule has 0 aromatic carbocycles. The van der Waals surface area contributed by atoms with Gasteiger partial charge in [0.2, 0.25) is 0 Å². The Morgan fingerprint density at radius 1 is 0.471 bits per heavy atom. The quantitative estimate of drug-likeness (QED) is 0.417. The predicted molar refractivity (Wildman–Crippen MR) is 74.5 cm³/mol. The van der Waals surface area contributed by atoms with Gasteiger partial charge in [0.25, 0.3) is 0 Å². The molecule has 0 atom stereocenters. The van der Waals surface area contributed by atoms with E-state index in [0.717, 1.165) is 26.4 Å². The molecule has 0 aromatic rings. The van der Waals surface area contributed by atoms with Crippen molar-refractivity contribution < 1.29 is 9.47 Å². The normalized spacial score (nSPS) is 10.9. The Morgan fingerprint density at radius 2 is 0.824 bits per heavy atom. The highest BCUT2D eigenvalue weighted by Crippen LogP contribution is 2.00. The monoisotopic (exact) mass is 244 g/mol. The van der Waals surface area contributed by atoms with Crippen LogP contribution in [-0.2, 0) is 9.47 Å². The molecule has 0 saturated heterocycles. The van der Waals surface area contributed by atoms with E-state index in [1.807, 2.05) is 0 Å². The first-order chi connectivity index (χ1) is 8.41. The van der Waals surface area contributed by atoms with Crippen molar-refractivity contribution >= 4 is 0 Å². The van der Waals surface area contributed by atoms with Crippen molar-refractivity contribution in [3.05, 3.63) is 0 Å². The van der Waals surface area contributed by atoms with Gasteiger partial charge in [0, 0.05) is 26.4 Å². The molecule has 0 unspecified atom stereocenters. The molecule has 0 aliphatic heterocycles. The third kappa shape index (κ3) is 15.9. The van der Waals surface area contributed by atoms with Gasteiger partial charge in [0.1, 0.15) is 0 Å². The van der Waals surface area contributed by atoms with Gasteiger partial charge >= 0.3 is 0 Å². The summed E-state index contributed by atoms with van der Waals surface area (Å²) in [5.74, 6) is 0. The van der Waals surface area contributed by atoms with E-state index in [9.17, 15) is 0 Å². The largest absolute Gasteiger partial charge is 0.381 e. The molecule has 0 fully saturated rings. The van der Waals surface area contributed by atoms with Gasteiger partial charge < -0.3 is 9.47 Å². The highest BCUT2D eigenvalue weighted by molar-refractivity contribution is 4.43. The van der Waals surface area contributed by atoms with Crippen molar-refractivity contribution in [3.8, 4) is 0 Å². The van der Waals surface area contributed by atoms with Crippen LogP contribution < -0.4 is 0 Å². The lowest BCUT2D eigenvalue weighted by atomic mass is 10.2. The minimum Gasteiger partial charge on any atom is -0.381 e. The molecule has 0 saturated carbocycles. The Bertz CT molecular complexity index is 112. The molecule has 0 rings (SSSR count). The molecule has 0 aliphatic carbocycles. The molecular formula is C15H32O2. The van der Waals surface area contributed by atoms with Gasteiger partial charge in [0.15, 0.2) is 0 Å². The zero-order valence-electron chi connectivity index (χ0n) is 12.0. The van der Waals surface area contributed by atoms with Gasteiger partial charge in [-0.25, -0.2) is 0 Å². The first-order valence-corrected chi connectivity index (χ1v) is 7.57. The summed E-state index contributed by atoms with van der Waals surface area (Å²) in [6.07, 6.45) is 11.2. The Labute approximate surface area is 108 Å². The van der Waals surface area contributed by atoms with Crippen LogP contribution in [0.1, 0.15) is 71.6 Å². The fraction of sp³-hybridized carbons (Fsp3) is 1.00. The van der Waals surface area contributed by atoms with Crippen molar-refractivity contribution in [1.29, 1.82) is 0 Å². The van der Waals surface area contributed by atoms with Crippen LogP contribution in [0.5, 0.6) is 0 Å². The van der Waals surface area contributed by atoms with Crippen molar-refractivity contribution in [2.24, 2.45) is 0 Å². The Kier molecular flexibility index (Phi) is 15.8. The van der Waals surface area contributed by atoms with Crippen LogP contribution in [0, 0.1) is 0 Å². The summed E-state index contributed by atoms with van der Waals surface area (Å²) >= 11 is 0. The minimum absolute atomic E-state index is 0.930. The second kappa shape index (κ2) is 15.9. The van der Waals surface area contributed by atoms with Crippen LogP contribution in [0.15, 0.2) is 0 Å². The van der Waals surface area contributed by atoms with E-state index in [2.05, 4.69) is 13.8 Å². The fourth-order valence-corrected chi connectivity index (χ4v) is 1.70. The summed E-state index contributed by atoms with van der Waals surface area (Å²) in [7, 11) is 0. The Balaban J connectivity index is 2.85. The molecular weight excluding hydrogens is 212 g/mol. The van der Waals surface area contributed by atoms with Crippen LogP contribution in [0.2, 0.25) is 0 Å². The third-order valence-electron chi connectivity index (χ3n) is 2.86. The van der Waals surface area contributed by atoms with Gasteiger partial charge in [-0.05, 0) is 32.1 Å². The molecule has 2 nitrogen and oxygen atoms in total. The maximum atomic E-state index is 5.55. The lowest BCUT2D eigenvalue weighted by Crippen LogP contribution is -2.00. The van der Waals surface area contributed by atoms with E-state index in [0.29, 0.717) is 0 Å². The molecule has 0 N–H and O–H groups in total. The average molecular weight is 244 g/mol. The number of unbranched alkanes of at least 4 members (excludes halogenated alkanes) is 6. The highest BCUT2D eigenvalue weighted by Gasteiger charge is 1.92. The van der Waals surface area contributed by atoms with Gasteiger partial charge in [-0.1, -0.05) is 39.5 Å². The Hall–Kier alpha value is -0.0800. The summed E-state index contributed by atoms with van der Waals surface area (Å²) in [6.45, 7) is 8.20. The summed E-state index contributed by atoms with van der Waals surface area (Å²) < 4.78 is 11.1. The van der Waals surface area contributed by atoms with Crippen LogP contribution in [0.3, 0.4) is 0 Å². The van der Waals surface area contributed by atoms with E-state index < -0.39 is 0 Å². The zero-order valence-corrected chi connectivity index (χ0v) is 12.0. The second-order valence-corrected chi connectivity index (χ2v) is 4.70. The van der Waals surface area contributed by atoms with E-state index in [4.69, 9.17) is 9.47 Å². The third-order valence-corrected chi connectivity index (χ3v) is 2.86. The number of hydrogen-bond donors (Lipinski definition) is 0. The van der Waals surface area contributed by atoms with Gasteiger partial charge in [-0.15, -0.1) is 0 Å². The fourth-order valence-electron chi connectivity index (χ4n) is 1.70. The predicted octanol–water partition coefficient (Wildman–Crippen LogP) is 4.57. The summed E-state index contributed by atoms with van der Waals surface area (Å²) in [4.78, 5) is 0. The van der Waals surface area contributed by atoms with Gasteiger partial charge in [0.05, 0.1) is 0 Å². The average Bonchev–Trinajstić information content (AvgIpc) is 2.35. The van der Waals surface area contributed by atoms with E-state index in [1.165, 1.54) is 57.8 Å². The molecule has 0 bridgehead atoms. The molecule has 17 heavy (non-hydrogen) atoms. The zero-order chi connectivity index (χ0) is 12.6. The Morgan fingerprint density at radius 3 is 1.18 bits per heavy atom. The molecule has 0 spiro atoms. The van der Waals surface area contributed by atoms with Gasteiger partial charge in [-0.2, -0.15) is 0 Å². The summed E-state index contributed by atoms with van der Waals surface area (Å²) in [5, 5.41) is 0.